The maximum Gasteiger partial charge on any atom is 0.337 e. The molecule has 5 rings (SSSR count). The van der Waals surface area contributed by atoms with Crippen molar-refractivity contribution in [2.75, 3.05) is 23.5 Å². The fourth-order valence-corrected chi connectivity index (χ4v) is 4.57. The van der Waals surface area contributed by atoms with Crippen molar-refractivity contribution in [2.45, 2.75) is 32.4 Å². The van der Waals surface area contributed by atoms with Crippen LogP contribution >= 0.6 is 11.6 Å². The summed E-state index contributed by atoms with van der Waals surface area (Å²) < 4.78 is 10.8. The number of rotatable bonds is 4. The highest BCUT2D eigenvalue weighted by Gasteiger charge is 2.41. The number of carbonyl (C=O) groups is 2. The van der Waals surface area contributed by atoms with Crippen LogP contribution in [-0.4, -0.2) is 36.6 Å². The van der Waals surface area contributed by atoms with Gasteiger partial charge in [-0.1, -0.05) is 11.6 Å². The molecule has 2 aliphatic rings. The summed E-state index contributed by atoms with van der Waals surface area (Å²) in [6, 6.07) is 12.4. The van der Waals surface area contributed by atoms with Crippen LogP contribution in [0.1, 0.15) is 34.7 Å². The molecule has 3 heterocycles. The third kappa shape index (κ3) is 3.42. The number of aryl methyl sites for hydroxylation is 1. The molecular weight excluding hydrogens is 430 g/mol. The van der Waals surface area contributed by atoms with Gasteiger partial charge in [0.15, 0.2) is 0 Å². The van der Waals surface area contributed by atoms with Gasteiger partial charge in [0.05, 0.1) is 30.6 Å². The molecule has 1 saturated heterocycles. The molecule has 32 heavy (non-hydrogen) atoms. The normalized spacial score (nSPS) is 17.3. The minimum absolute atomic E-state index is 0.00691. The van der Waals surface area contributed by atoms with Gasteiger partial charge in [-0.15, -0.1) is 0 Å². The lowest BCUT2D eigenvalue weighted by molar-refractivity contribution is -0.120. The highest BCUT2D eigenvalue weighted by Crippen LogP contribution is 2.41. The van der Waals surface area contributed by atoms with E-state index < -0.39 is 5.97 Å². The molecule has 0 spiro atoms. The van der Waals surface area contributed by atoms with Crippen LogP contribution in [0.25, 0.3) is 11.5 Å². The number of benzene rings is 2. The number of aromatic nitrogens is 1. The van der Waals surface area contributed by atoms with Gasteiger partial charge in [0.2, 0.25) is 11.8 Å². The summed E-state index contributed by atoms with van der Waals surface area (Å²) in [4.78, 5) is 34.1. The van der Waals surface area contributed by atoms with Crippen molar-refractivity contribution in [3.63, 3.8) is 0 Å². The fourth-order valence-electron chi connectivity index (χ4n) is 4.44. The summed E-state index contributed by atoms with van der Waals surface area (Å²) in [5.74, 6) is 0.686. The molecule has 0 bridgehead atoms. The summed E-state index contributed by atoms with van der Waals surface area (Å²) in [6.07, 6.45) is 1.76. The number of methoxy groups -OCH3 is 1. The Morgan fingerprint density at radius 1 is 1.22 bits per heavy atom. The summed E-state index contributed by atoms with van der Waals surface area (Å²) in [5.41, 5.74) is 3.51. The Morgan fingerprint density at radius 2 is 2.00 bits per heavy atom. The maximum absolute atomic E-state index is 13.4. The van der Waals surface area contributed by atoms with E-state index in [2.05, 4.69) is 9.88 Å². The molecule has 0 N–H and O–H groups in total. The number of hydrogen-bond acceptors (Lipinski definition) is 6. The van der Waals surface area contributed by atoms with Gasteiger partial charge in [-0.25, -0.2) is 9.78 Å². The number of hydrogen-bond donors (Lipinski definition) is 0. The van der Waals surface area contributed by atoms with Crippen LogP contribution < -0.4 is 9.80 Å². The molecule has 164 valence electrons. The van der Waals surface area contributed by atoms with Crippen molar-refractivity contribution in [1.29, 1.82) is 0 Å². The fraction of sp³-hybridized carbons (Fsp3) is 0.292. The van der Waals surface area contributed by atoms with E-state index in [1.165, 1.54) is 7.11 Å². The van der Waals surface area contributed by atoms with Crippen LogP contribution in [0.3, 0.4) is 0 Å². The summed E-state index contributed by atoms with van der Waals surface area (Å²) in [5, 5.41) is 0.635. The first-order valence-corrected chi connectivity index (χ1v) is 10.9. The number of amides is 1. The van der Waals surface area contributed by atoms with Gasteiger partial charge in [0.25, 0.3) is 0 Å². The zero-order valence-electron chi connectivity index (χ0n) is 17.8. The van der Waals surface area contributed by atoms with E-state index in [0.717, 1.165) is 30.6 Å². The zero-order valence-corrected chi connectivity index (χ0v) is 18.6. The van der Waals surface area contributed by atoms with Crippen LogP contribution in [0.5, 0.6) is 0 Å². The number of ether oxygens (including phenoxy) is 1. The van der Waals surface area contributed by atoms with E-state index in [1.54, 1.807) is 29.2 Å². The van der Waals surface area contributed by atoms with E-state index in [4.69, 9.17) is 20.8 Å². The second-order valence-electron chi connectivity index (χ2n) is 8.00. The van der Waals surface area contributed by atoms with E-state index >= 15 is 0 Å². The van der Waals surface area contributed by atoms with Crippen LogP contribution in [0.2, 0.25) is 5.02 Å². The van der Waals surface area contributed by atoms with E-state index in [1.807, 2.05) is 25.1 Å². The molecule has 8 heteroatoms. The van der Waals surface area contributed by atoms with E-state index in [9.17, 15) is 9.59 Å². The molecule has 2 aromatic carbocycles. The molecule has 0 unspecified atom stereocenters. The minimum Gasteiger partial charge on any atom is -0.465 e. The van der Waals surface area contributed by atoms with Crippen molar-refractivity contribution in [3.8, 4) is 11.5 Å². The first kappa shape index (κ1) is 20.6. The van der Waals surface area contributed by atoms with Crippen LogP contribution in [0.15, 0.2) is 46.9 Å². The topological polar surface area (TPSA) is 75.9 Å². The van der Waals surface area contributed by atoms with Gasteiger partial charge < -0.3 is 19.0 Å². The van der Waals surface area contributed by atoms with E-state index in [-0.39, 0.29) is 18.5 Å². The lowest BCUT2D eigenvalue weighted by Crippen LogP contribution is -2.50. The second kappa shape index (κ2) is 7.98. The van der Waals surface area contributed by atoms with Crippen LogP contribution in [-0.2, 0) is 16.1 Å². The van der Waals surface area contributed by atoms with Crippen LogP contribution in [0, 0.1) is 6.92 Å². The Hall–Kier alpha value is -3.32. The number of anilines is 2. The number of carbonyl (C=O) groups excluding carboxylic acids is 2. The van der Waals surface area contributed by atoms with Gasteiger partial charge in [-0.3, -0.25) is 4.79 Å². The average Bonchev–Trinajstić information content (AvgIpc) is 3.43. The third-order valence-electron chi connectivity index (χ3n) is 6.09. The number of oxazole rings is 1. The largest absolute Gasteiger partial charge is 0.465 e. The zero-order chi connectivity index (χ0) is 22.4. The standard InChI is InChI=1S/C24H22ClN3O4/c1-14-18(26-22(32-14)15-5-8-17(25)9-6-15)13-28-21-12-16(24(30)31-2)7-10-19(21)27-11-3-4-20(27)23(28)29/h5-10,12,20H,3-4,11,13H2,1-2H3/t20-/m1/s1. The number of nitrogens with zero attached hydrogens (tertiary/aromatic N) is 3. The first-order valence-electron chi connectivity index (χ1n) is 10.5. The van der Waals surface area contributed by atoms with Gasteiger partial charge in [-0.2, -0.15) is 0 Å². The minimum atomic E-state index is -0.439. The second-order valence-corrected chi connectivity index (χ2v) is 8.44. The Morgan fingerprint density at radius 3 is 2.75 bits per heavy atom. The Balaban J connectivity index is 1.53. The van der Waals surface area contributed by atoms with Gasteiger partial charge in [0.1, 0.15) is 17.5 Å². The molecule has 0 aliphatic carbocycles. The molecule has 0 saturated carbocycles. The SMILES string of the molecule is COC(=O)c1ccc2c(c1)N(Cc1nc(-c3ccc(Cl)cc3)oc1C)C(=O)[C@H]1CCCN21. The van der Waals surface area contributed by atoms with Gasteiger partial charge in [-0.05, 0) is 62.2 Å². The number of fused-ring (bicyclic) bond motifs is 3. The quantitative estimate of drug-likeness (QED) is 0.539. The number of halogens is 1. The smallest absolute Gasteiger partial charge is 0.337 e. The van der Waals surface area contributed by atoms with Crippen LogP contribution in [0.4, 0.5) is 11.4 Å². The lowest BCUT2D eigenvalue weighted by atomic mass is 10.0. The molecule has 1 amide bonds. The van der Waals surface area contributed by atoms with Gasteiger partial charge in [0, 0.05) is 17.1 Å². The van der Waals surface area contributed by atoms with Crippen molar-refractivity contribution in [2.24, 2.45) is 0 Å². The molecule has 0 radical (unpaired) electrons. The maximum atomic E-state index is 13.4. The molecule has 2 aliphatic heterocycles. The Labute approximate surface area is 190 Å². The lowest BCUT2D eigenvalue weighted by Gasteiger charge is -2.39. The Bertz CT molecular complexity index is 1200. The van der Waals surface area contributed by atoms with Gasteiger partial charge >= 0.3 is 5.97 Å². The van der Waals surface area contributed by atoms with Crippen molar-refractivity contribution >= 4 is 34.9 Å². The summed E-state index contributed by atoms with van der Waals surface area (Å²) >= 11 is 5.99. The summed E-state index contributed by atoms with van der Waals surface area (Å²) in [6.45, 7) is 2.91. The highest BCUT2D eigenvalue weighted by atomic mass is 35.5. The van der Waals surface area contributed by atoms with Crippen molar-refractivity contribution < 1.29 is 18.7 Å². The Kier molecular flexibility index (Phi) is 5.13. The summed E-state index contributed by atoms with van der Waals surface area (Å²) in [7, 11) is 1.35. The monoisotopic (exact) mass is 451 g/mol. The average molecular weight is 452 g/mol. The third-order valence-corrected chi connectivity index (χ3v) is 6.34. The predicted octanol–water partition coefficient (Wildman–Crippen LogP) is 4.61. The van der Waals surface area contributed by atoms with Crippen molar-refractivity contribution in [3.05, 3.63) is 64.5 Å². The molecule has 1 fully saturated rings. The van der Waals surface area contributed by atoms with E-state index in [0.29, 0.717) is 33.6 Å². The molecule has 1 aromatic heterocycles. The van der Waals surface area contributed by atoms with Crippen molar-refractivity contribution in [1.82, 2.24) is 4.98 Å². The molecule has 7 nitrogen and oxygen atoms in total. The predicted molar refractivity (Wildman–Crippen MR) is 121 cm³/mol. The molecule has 3 aromatic rings. The number of esters is 1. The molecular formula is C24H22ClN3O4. The first-order chi connectivity index (χ1) is 15.5. The highest BCUT2D eigenvalue weighted by molar-refractivity contribution is 6.30. The molecule has 1 atom stereocenters.